The van der Waals surface area contributed by atoms with Gasteiger partial charge in [-0.15, -0.1) is 0 Å². The summed E-state index contributed by atoms with van der Waals surface area (Å²) in [6.45, 7) is 20.4. The Bertz CT molecular complexity index is 610. The van der Waals surface area contributed by atoms with Crippen LogP contribution < -0.4 is 0 Å². The summed E-state index contributed by atoms with van der Waals surface area (Å²) in [5, 5.41) is 0. The zero-order valence-corrected chi connectivity index (χ0v) is 22.6. The zero-order chi connectivity index (χ0) is 22.6. The molecule has 0 aromatic heterocycles. The molecule has 4 fully saturated rings. The maximum Gasteiger partial charge on any atom is -0.0264 e. The lowest BCUT2D eigenvalue weighted by Gasteiger charge is -2.62. The van der Waals surface area contributed by atoms with Gasteiger partial charge in [0, 0.05) is 0 Å². The first kappa shape index (κ1) is 24.1. The van der Waals surface area contributed by atoms with Crippen LogP contribution in [0.5, 0.6) is 0 Å². The van der Waals surface area contributed by atoms with Crippen LogP contribution >= 0.6 is 0 Å². The summed E-state index contributed by atoms with van der Waals surface area (Å²) in [6, 6.07) is 0. The molecular weight excluding hydrogens is 372 g/mol. The third kappa shape index (κ3) is 4.30. The third-order valence-corrected chi connectivity index (χ3v) is 12.1. The minimum atomic E-state index is 0.508. The largest absolute Gasteiger partial charge is 0.0628 e. The molecule has 0 radical (unpaired) electrons. The van der Waals surface area contributed by atoms with E-state index in [-0.39, 0.29) is 0 Å². The maximum absolute atomic E-state index is 2.76. The van der Waals surface area contributed by atoms with Crippen molar-refractivity contribution in [3.8, 4) is 0 Å². The predicted octanol–water partition coefficient (Wildman–Crippen LogP) is 9.77. The van der Waals surface area contributed by atoms with Crippen LogP contribution in [0.4, 0.5) is 0 Å². The summed E-state index contributed by atoms with van der Waals surface area (Å²) in [7, 11) is 0. The second kappa shape index (κ2) is 8.65. The van der Waals surface area contributed by atoms with Crippen molar-refractivity contribution in [1.82, 2.24) is 0 Å². The zero-order valence-electron chi connectivity index (χ0n) is 22.6. The molecular formula is C31H56. The fourth-order valence-electron chi connectivity index (χ4n) is 10.1. The van der Waals surface area contributed by atoms with Gasteiger partial charge < -0.3 is 0 Å². The van der Waals surface area contributed by atoms with Gasteiger partial charge in [-0.3, -0.25) is 0 Å². The topological polar surface area (TPSA) is 0 Å². The first-order chi connectivity index (χ1) is 14.5. The number of rotatable bonds is 5. The Balaban J connectivity index is 1.45. The van der Waals surface area contributed by atoms with Crippen LogP contribution in [0.2, 0.25) is 0 Å². The first-order valence-electron chi connectivity index (χ1n) is 14.5. The Morgan fingerprint density at radius 1 is 0.774 bits per heavy atom. The number of hydrogen-bond acceptors (Lipinski definition) is 0. The lowest BCUT2D eigenvalue weighted by molar-refractivity contribution is -0.127. The van der Waals surface area contributed by atoms with E-state index in [1.807, 2.05) is 0 Å². The molecule has 0 aromatic rings. The quantitative estimate of drug-likeness (QED) is 0.408. The highest BCUT2D eigenvalue weighted by Gasteiger charge is 2.60. The molecule has 31 heavy (non-hydrogen) atoms. The van der Waals surface area contributed by atoms with E-state index in [0.29, 0.717) is 16.2 Å². The number of hydrogen-bond donors (Lipinski definition) is 0. The van der Waals surface area contributed by atoms with Gasteiger partial charge in [-0.1, -0.05) is 74.7 Å². The average Bonchev–Trinajstić information content (AvgIpc) is 3.03. The van der Waals surface area contributed by atoms with Gasteiger partial charge in [-0.05, 0) is 121 Å². The molecule has 4 aliphatic carbocycles. The molecule has 0 bridgehead atoms. The molecule has 180 valence electrons. The van der Waals surface area contributed by atoms with Gasteiger partial charge in [-0.2, -0.15) is 0 Å². The summed E-state index contributed by atoms with van der Waals surface area (Å²) in [5.41, 5.74) is 1.82. The Morgan fingerprint density at radius 3 is 2.13 bits per heavy atom. The molecule has 0 spiro atoms. The monoisotopic (exact) mass is 428 g/mol. The van der Waals surface area contributed by atoms with Gasteiger partial charge in [0.05, 0.1) is 0 Å². The van der Waals surface area contributed by atoms with Crippen LogP contribution in [0.1, 0.15) is 132 Å². The summed E-state index contributed by atoms with van der Waals surface area (Å²) >= 11 is 0. The molecule has 9 atom stereocenters. The van der Waals surface area contributed by atoms with Gasteiger partial charge in [-0.25, -0.2) is 0 Å². The van der Waals surface area contributed by atoms with Crippen molar-refractivity contribution in [3.05, 3.63) is 0 Å². The van der Waals surface area contributed by atoms with Crippen LogP contribution in [-0.4, -0.2) is 0 Å². The fraction of sp³-hybridized carbons (Fsp3) is 1.00. The lowest BCUT2D eigenvalue weighted by atomic mass is 9.43. The Kier molecular flexibility index (Phi) is 6.74. The molecule has 0 heteroatoms. The summed E-state index contributed by atoms with van der Waals surface area (Å²) in [6.07, 6.45) is 18.2. The molecule has 4 saturated carbocycles. The van der Waals surface area contributed by atoms with E-state index >= 15 is 0 Å². The minimum Gasteiger partial charge on any atom is -0.0628 e. The second-order valence-corrected chi connectivity index (χ2v) is 15.0. The normalized spacial score (nSPS) is 46.4. The van der Waals surface area contributed by atoms with Gasteiger partial charge >= 0.3 is 0 Å². The van der Waals surface area contributed by atoms with Crippen molar-refractivity contribution in [2.24, 2.45) is 63.6 Å². The third-order valence-electron chi connectivity index (χ3n) is 12.1. The molecule has 0 saturated heterocycles. The van der Waals surface area contributed by atoms with Crippen molar-refractivity contribution >= 4 is 0 Å². The highest BCUT2D eigenvalue weighted by molar-refractivity contribution is 5.10. The van der Waals surface area contributed by atoms with Crippen molar-refractivity contribution in [1.29, 1.82) is 0 Å². The Hall–Kier alpha value is 0. The summed E-state index contributed by atoms with van der Waals surface area (Å²) in [5.74, 6) is 7.94. The van der Waals surface area contributed by atoms with E-state index in [9.17, 15) is 0 Å². The van der Waals surface area contributed by atoms with Gasteiger partial charge in [0.25, 0.3) is 0 Å². The van der Waals surface area contributed by atoms with Crippen LogP contribution in [0.15, 0.2) is 0 Å². The van der Waals surface area contributed by atoms with Crippen molar-refractivity contribution in [2.75, 3.05) is 0 Å². The maximum atomic E-state index is 2.76. The molecule has 0 amide bonds. The molecule has 0 aliphatic heterocycles. The highest BCUT2D eigenvalue weighted by Crippen LogP contribution is 2.69. The molecule has 4 aliphatic rings. The van der Waals surface area contributed by atoms with E-state index < -0.39 is 0 Å². The van der Waals surface area contributed by atoms with Gasteiger partial charge in [0.1, 0.15) is 0 Å². The summed E-state index contributed by atoms with van der Waals surface area (Å²) in [4.78, 5) is 0. The van der Waals surface area contributed by atoms with Crippen molar-refractivity contribution < 1.29 is 0 Å². The van der Waals surface area contributed by atoms with Crippen LogP contribution in [0.3, 0.4) is 0 Å². The SMILES string of the molecule is CC(C)CCCC(C)C1CCC2C3CCC4CC(C(C)(C)C)CCC4(C)C3CCC12C. The molecule has 0 N–H and O–H groups in total. The predicted molar refractivity (Wildman–Crippen MR) is 136 cm³/mol. The average molecular weight is 429 g/mol. The van der Waals surface area contributed by atoms with Crippen LogP contribution in [-0.2, 0) is 0 Å². The first-order valence-corrected chi connectivity index (χ1v) is 14.5. The summed E-state index contributed by atoms with van der Waals surface area (Å²) < 4.78 is 0. The smallest absolute Gasteiger partial charge is 0.0264 e. The van der Waals surface area contributed by atoms with E-state index in [1.54, 1.807) is 38.5 Å². The second-order valence-electron chi connectivity index (χ2n) is 15.0. The molecule has 0 heterocycles. The number of fused-ring (bicyclic) bond motifs is 5. The molecule has 0 aromatic carbocycles. The van der Waals surface area contributed by atoms with Crippen molar-refractivity contribution in [3.63, 3.8) is 0 Å². The minimum absolute atomic E-state index is 0.508. The Morgan fingerprint density at radius 2 is 1.45 bits per heavy atom. The molecule has 0 nitrogen and oxygen atoms in total. The van der Waals surface area contributed by atoms with Gasteiger partial charge in [0.2, 0.25) is 0 Å². The lowest BCUT2D eigenvalue weighted by Crippen LogP contribution is -2.54. The van der Waals surface area contributed by atoms with E-state index in [0.717, 1.165) is 47.3 Å². The standard InChI is InChI=1S/C31H56/c1-21(2)10-9-11-22(3)26-14-15-27-25-13-12-24-20-23(29(4,5)6)16-18-30(24,7)28(25)17-19-31(26,27)8/h21-28H,9-20H2,1-8H3. The van der Waals surface area contributed by atoms with Gasteiger partial charge in [0.15, 0.2) is 0 Å². The van der Waals surface area contributed by atoms with E-state index in [1.165, 1.54) is 38.5 Å². The van der Waals surface area contributed by atoms with Crippen LogP contribution in [0.25, 0.3) is 0 Å². The van der Waals surface area contributed by atoms with E-state index in [2.05, 4.69) is 55.4 Å². The van der Waals surface area contributed by atoms with E-state index in [4.69, 9.17) is 0 Å². The Labute approximate surface area is 196 Å². The highest BCUT2D eigenvalue weighted by atomic mass is 14.7. The molecule has 4 rings (SSSR count). The molecule has 9 unspecified atom stereocenters. The van der Waals surface area contributed by atoms with Crippen molar-refractivity contribution in [2.45, 2.75) is 132 Å². The van der Waals surface area contributed by atoms with Crippen LogP contribution in [0, 0.1) is 63.6 Å². The fourth-order valence-corrected chi connectivity index (χ4v) is 10.1.